The zero-order valence-electron chi connectivity index (χ0n) is 12.6. The predicted octanol–water partition coefficient (Wildman–Crippen LogP) is 2.44. The van der Waals surface area contributed by atoms with Crippen molar-refractivity contribution in [3.8, 4) is 5.69 Å². The van der Waals surface area contributed by atoms with E-state index in [-0.39, 0.29) is 17.9 Å². The highest BCUT2D eigenvalue weighted by Crippen LogP contribution is 2.30. The minimum Gasteiger partial charge on any atom is -0.480 e. The molecule has 0 aliphatic rings. The number of carboxylic acid groups (broad SMARTS) is 1. The Labute approximate surface area is 135 Å². The normalized spacial score (nSPS) is 11.3. The average Bonchev–Trinajstić information content (AvgIpc) is 3.01. The van der Waals surface area contributed by atoms with Crippen LogP contribution < -0.4 is 0 Å². The lowest BCUT2D eigenvalue weighted by molar-refractivity contribution is -0.138. The summed E-state index contributed by atoms with van der Waals surface area (Å²) >= 11 is 0. The van der Waals surface area contributed by atoms with Gasteiger partial charge in [-0.3, -0.25) is 9.59 Å². The molecule has 1 amide bonds. The molecule has 0 fully saturated rings. The average molecular weight is 341 g/mol. The third-order valence-corrected chi connectivity index (χ3v) is 3.24. The summed E-state index contributed by atoms with van der Waals surface area (Å²) < 4.78 is 39.4. The molecular formula is C15H14F3N3O3. The molecule has 24 heavy (non-hydrogen) atoms. The van der Waals surface area contributed by atoms with Crippen molar-refractivity contribution < 1.29 is 27.9 Å². The van der Waals surface area contributed by atoms with Crippen LogP contribution in [0.5, 0.6) is 0 Å². The van der Waals surface area contributed by atoms with Crippen LogP contribution in [0, 0.1) is 0 Å². The molecule has 2 rings (SSSR count). The van der Waals surface area contributed by atoms with Crippen LogP contribution in [-0.4, -0.2) is 44.8 Å². The SMILES string of the molecule is CCN(CC(=O)O)C(=O)c1ccn(-c2cccc(C(F)(F)F)c2)n1. The second-order valence-corrected chi connectivity index (χ2v) is 4.91. The fraction of sp³-hybridized carbons (Fsp3) is 0.267. The van der Waals surface area contributed by atoms with Crippen molar-refractivity contribution in [2.24, 2.45) is 0 Å². The molecule has 1 aromatic carbocycles. The van der Waals surface area contributed by atoms with Gasteiger partial charge in [0.25, 0.3) is 5.91 Å². The Balaban J connectivity index is 2.28. The Morgan fingerprint density at radius 3 is 2.58 bits per heavy atom. The Morgan fingerprint density at radius 1 is 1.29 bits per heavy atom. The molecule has 9 heteroatoms. The molecule has 1 aromatic heterocycles. The minimum atomic E-state index is -4.48. The summed E-state index contributed by atoms with van der Waals surface area (Å²) in [5.41, 5.74) is -0.731. The van der Waals surface area contributed by atoms with E-state index in [0.29, 0.717) is 0 Å². The molecule has 128 valence electrons. The van der Waals surface area contributed by atoms with Crippen LogP contribution in [0.3, 0.4) is 0 Å². The van der Waals surface area contributed by atoms with E-state index < -0.39 is 30.2 Å². The number of alkyl halides is 3. The molecule has 0 saturated heterocycles. The van der Waals surface area contributed by atoms with Crippen molar-refractivity contribution in [2.45, 2.75) is 13.1 Å². The molecule has 6 nitrogen and oxygen atoms in total. The lowest BCUT2D eigenvalue weighted by Gasteiger charge is -2.16. The predicted molar refractivity (Wildman–Crippen MR) is 77.8 cm³/mol. The Kier molecular flexibility index (Phi) is 4.91. The Hall–Kier alpha value is -2.84. The monoisotopic (exact) mass is 341 g/mol. The van der Waals surface area contributed by atoms with Gasteiger partial charge < -0.3 is 10.0 Å². The zero-order chi connectivity index (χ0) is 17.9. The summed E-state index contributed by atoms with van der Waals surface area (Å²) in [6, 6.07) is 5.84. The first-order chi connectivity index (χ1) is 11.2. The Bertz CT molecular complexity index is 756. The molecule has 2 aromatic rings. The highest BCUT2D eigenvalue weighted by Gasteiger charge is 2.30. The lowest BCUT2D eigenvalue weighted by atomic mass is 10.2. The molecule has 0 saturated carbocycles. The van der Waals surface area contributed by atoms with Crippen LogP contribution in [0.4, 0.5) is 13.2 Å². The van der Waals surface area contributed by atoms with Crippen molar-refractivity contribution in [1.82, 2.24) is 14.7 Å². The molecular weight excluding hydrogens is 327 g/mol. The van der Waals surface area contributed by atoms with Gasteiger partial charge in [0.05, 0.1) is 11.3 Å². The number of hydrogen-bond donors (Lipinski definition) is 1. The van der Waals surface area contributed by atoms with E-state index in [1.54, 1.807) is 6.92 Å². The summed E-state index contributed by atoms with van der Waals surface area (Å²) in [6.45, 7) is 1.30. The second kappa shape index (κ2) is 6.73. The molecule has 1 N–H and O–H groups in total. The number of carboxylic acids is 1. The van der Waals surface area contributed by atoms with Crippen LogP contribution in [0.25, 0.3) is 5.69 Å². The maximum Gasteiger partial charge on any atom is 0.416 e. The third kappa shape index (κ3) is 3.92. The highest BCUT2D eigenvalue weighted by atomic mass is 19.4. The van der Waals surface area contributed by atoms with E-state index >= 15 is 0 Å². The van der Waals surface area contributed by atoms with Gasteiger partial charge in [0.2, 0.25) is 0 Å². The standard InChI is InChI=1S/C15H14F3N3O3/c1-2-20(9-13(22)23)14(24)12-6-7-21(19-12)11-5-3-4-10(8-11)15(16,17)18/h3-8H,2,9H2,1H3,(H,22,23). The first kappa shape index (κ1) is 17.5. The molecule has 0 unspecified atom stereocenters. The molecule has 0 aliphatic heterocycles. The van der Waals surface area contributed by atoms with Crippen molar-refractivity contribution >= 4 is 11.9 Å². The number of likely N-dealkylation sites (N-methyl/N-ethyl adjacent to an activating group) is 1. The van der Waals surface area contributed by atoms with E-state index in [0.717, 1.165) is 21.7 Å². The van der Waals surface area contributed by atoms with Crippen LogP contribution in [0.1, 0.15) is 23.0 Å². The number of benzene rings is 1. The van der Waals surface area contributed by atoms with Gasteiger partial charge in [-0.1, -0.05) is 6.07 Å². The molecule has 0 bridgehead atoms. The van der Waals surface area contributed by atoms with Crippen LogP contribution in [0.15, 0.2) is 36.5 Å². The molecule has 0 atom stereocenters. The van der Waals surface area contributed by atoms with E-state index in [2.05, 4.69) is 5.10 Å². The number of amides is 1. The van der Waals surface area contributed by atoms with E-state index in [4.69, 9.17) is 5.11 Å². The number of aliphatic carboxylic acids is 1. The smallest absolute Gasteiger partial charge is 0.416 e. The lowest BCUT2D eigenvalue weighted by Crippen LogP contribution is -2.35. The number of aromatic nitrogens is 2. The first-order valence-corrected chi connectivity index (χ1v) is 6.96. The summed E-state index contributed by atoms with van der Waals surface area (Å²) in [6.07, 6.45) is -3.14. The number of carbonyl (C=O) groups is 2. The first-order valence-electron chi connectivity index (χ1n) is 6.96. The van der Waals surface area contributed by atoms with Gasteiger partial charge in [-0.15, -0.1) is 0 Å². The van der Waals surface area contributed by atoms with Gasteiger partial charge in [0, 0.05) is 12.7 Å². The van der Waals surface area contributed by atoms with Gasteiger partial charge in [-0.2, -0.15) is 18.3 Å². The van der Waals surface area contributed by atoms with Gasteiger partial charge in [-0.25, -0.2) is 4.68 Å². The topological polar surface area (TPSA) is 75.4 Å². The van der Waals surface area contributed by atoms with E-state index in [1.165, 1.54) is 24.4 Å². The van der Waals surface area contributed by atoms with Crippen molar-refractivity contribution in [3.63, 3.8) is 0 Å². The van der Waals surface area contributed by atoms with E-state index in [9.17, 15) is 22.8 Å². The fourth-order valence-corrected chi connectivity index (χ4v) is 2.06. The second-order valence-electron chi connectivity index (χ2n) is 4.91. The molecule has 0 radical (unpaired) electrons. The number of rotatable bonds is 5. The van der Waals surface area contributed by atoms with Gasteiger partial charge >= 0.3 is 12.1 Å². The molecule has 0 spiro atoms. The van der Waals surface area contributed by atoms with Crippen molar-refractivity contribution in [1.29, 1.82) is 0 Å². The maximum atomic E-state index is 12.7. The number of carbonyl (C=O) groups excluding carboxylic acids is 1. The summed E-state index contributed by atoms with van der Waals surface area (Å²) in [4.78, 5) is 24.0. The van der Waals surface area contributed by atoms with Crippen LogP contribution in [0.2, 0.25) is 0 Å². The van der Waals surface area contributed by atoms with Gasteiger partial charge in [-0.05, 0) is 31.2 Å². The quantitative estimate of drug-likeness (QED) is 0.906. The van der Waals surface area contributed by atoms with Gasteiger partial charge in [0.15, 0.2) is 5.69 Å². The summed E-state index contributed by atoms with van der Waals surface area (Å²) in [5, 5.41) is 12.7. The summed E-state index contributed by atoms with van der Waals surface area (Å²) in [5.74, 6) is -1.77. The number of halogens is 3. The zero-order valence-corrected chi connectivity index (χ0v) is 12.6. The largest absolute Gasteiger partial charge is 0.480 e. The van der Waals surface area contributed by atoms with Crippen molar-refractivity contribution in [2.75, 3.05) is 13.1 Å². The maximum absolute atomic E-state index is 12.7. The minimum absolute atomic E-state index is 0.0458. The van der Waals surface area contributed by atoms with Gasteiger partial charge in [0.1, 0.15) is 6.54 Å². The van der Waals surface area contributed by atoms with Crippen LogP contribution >= 0.6 is 0 Å². The molecule has 0 aliphatic carbocycles. The highest BCUT2D eigenvalue weighted by molar-refractivity contribution is 5.94. The third-order valence-electron chi connectivity index (χ3n) is 3.24. The van der Waals surface area contributed by atoms with E-state index in [1.807, 2.05) is 0 Å². The number of hydrogen-bond acceptors (Lipinski definition) is 3. The van der Waals surface area contributed by atoms with Crippen LogP contribution in [-0.2, 0) is 11.0 Å². The fourth-order valence-electron chi connectivity index (χ4n) is 2.06. The van der Waals surface area contributed by atoms with Crippen molar-refractivity contribution in [3.05, 3.63) is 47.8 Å². The number of nitrogens with zero attached hydrogens (tertiary/aromatic N) is 3. The molecule has 1 heterocycles. The summed E-state index contributed by atoms with van der Waals surface area (Å²) in [7, 11) is 0. The Morgan fingerprint density at radius 2 is 2.00 bits per heavy atom.